The highest BCUT2D eigenvalue weighted by Gasteiger charge is 2.22. The number of carbonyl (C=O) groups excluding carboxylic acids is 2. The smallest absolute Gasteiger partial charge is 0.323 e. The normalized spacial score (nSPS) is 20.6. The van der Waals surface area contributed by atoms with E-state index in [1.54, 1.807) is 24.7 Å². The highest BCUT2D eigenvalue weighted by atomic mass is 16.5. The molecular formula is C15H22N4O4. The molecule has 126 valence electrons. The van der Waals surface area contributed by atoms with Gasteiger partial charge in [-0.2, -0.15) is 0 Å². The number of hydrogen-bond acceptors (Lipinski definition) is 6. The van der Waals surface area contributed by atoms with Gasteiger partial charge in [0.25, 0.3) is 0 Å². The Bertz CT molecular complexity index is 527. The van der Waals surface area contributed by atoms with Gasteiger partial charge in [0.2, 0.25) is 5.88 Å². The van der Waals surface area contributed by atoms with Gasteiger partial charge in [0.15, 0.2) is 0 Å². The van der Waals surface area contributed by atoms with Gasteiger partial charge in [-0.05, 0) is 37.7 Å². The molecule has 1 aromatic heterocycles. The molecular weight excluding hydrogens is 300 g/mol. The SMILES string of the molecule is COCC1CCC(Oc2ccc(NC(=O)C(=O)NN)cn2)CC1. The second-order valence-corrected chi connectivity index (χ2v) is 5.53. The van der Waals surface area contributed by atoms with Crippen LogP contribution in [0.1, 0.15) is 25.7 Å². The van der Waals surface area contributed by atoms with Crippen molar-refractivity contribution in [2.45, 2.75) is 31.8 Å². The van der Waals surface area contributed by atoms with Gasteiger partial charge in [0, 0.05) is 19.8 Å². The molecule has 0 bridgehead atoms. The van der Waals surface area contributed by atoms with E-state index in [4.69, 9.17) is 15.3 Å². The van der Waals surface area contributed by atoms with Gasteiger partial charge in [0.1, 0.15) is 6.10 Å². The summed E-state index contributed by atoms with van der Waals surface area (Å²) < 4.78 is 11.0. The number of hydrazine groups is 1. The summed E-state index contributed by atoms with van der Waals surface area (Å²) in [7, 11) is 1.73. The number of carbonyl (C=O) groups is 2. The lowest BCUT2D eigenvalue weighted by molar-refractivity contribution is -0.136. The number of anilines is 1. The van der Waals surface area contributed by atoms with Crippen molar-refractivity contribution in [1.29, 1.82) is 0 Å². The molecule has 4 N–H and O–H groups in total. The molecule has 1 aliphatic carbocycles. The van der Waals surface area contributed by atoms with E-state index in [0.29, 0.717) is 17.5 Å². The average molecular weight is 322 g/mol. The third-order valence-electron chi connectivity index (χ3n) is 3.82. The molecule has 1 saturated carbocycles. The van der Waals surface area contributed by atoms with Gasteiger partial charge in [-0.15, -0.1) is 0 Å². The average Bonchev–Trinajstić information content (AvgIpc) is 2.58. The van der Waals surface area contributed by atoms with Crippen LogP contribution in [-0.4, -0.2) is 36.6 Å². The molecule has 0 aliphatic heterocycles. The minimum atomic E-state index is -0.918. The number of ether oxygens (including phenoxy) is 2. The first-order valence-electron chi connectivity index (χ1n) is 7.56. The minimum Gasteiger partial charge on any atom is -0.474 e. The highest BCUT2D eigenvalue weighted by molar-refractivity contribution is 6.39. The number of methoxy groups -OCH3 is 1. The number of amides is 2. The van der Waals surface area contributed by atoms with E-state index in [1.807, 2.05) is 0 Å². The molecule has 1 aromatic rings. The summed E-state index contributed by atoms with van der Waals surface area (Å²) in [5, 5.41) is 2.38. The van der Waals surface area contributed by atoms with Crippen LogP contribution in [0, 0.1) is 5.92 Å². The molecule has 8 heteroatoms. The lowest BCUT2D eigenvalue weighted by Crippen LogP contribution is -2.39. The van der Waals surface area contributed by atoms with Gasteiger partial charge in [-0.1, -0.05) is 0 Å². The lowest BCUT2D eigenvalue weighted by Gasteiger charge is -2.28. The second-order valence-electron chi connectivity index (χ2n) is 5.53. The summed E-state index contributed by atoms with van der Waals surface area (Å²) in [6, 6.07) is 3.29. The van der Waals surface area contributed by atoms with Gasteiger partial charge < -0.3 is 14.8 Å². The Labute approximate surface area is 134 Å². The van der Waals surface area contributed by atoms with Crippen molar-refractivity contribution in [3.63, 3.8) is 0 Å². The fraction of sp³-hybridized carbons (Fsp3) is 0.533. The zero-order chi connectivity index (χ0) is 16.7. The second kappa shape index (κ2) is 8.44. The topological polar surface area (TPSA) is 116 Å². The molecule has 1 aliphatic rings. The van der Waals surface area contributed by atoms with Crippen LogP contribution in [0.3, 0.4) is 0 Å². The van der Waals surface area contributed by atoms with Crippen LogP contribution >= 0.6 is 0 Å². The zero-order valence-electron chi connectivity index (χ0n) is 13.1. The largest absolute Gasteiger partial charge is 0.474 e. The first kappa shape index (κ1) is 17.2. The van der Waals surface area contributed by atoms with Crippen LogP contribution in [0.4, 0.5) is 5.69 Å². The van der Waals surface area contributed by atoms with Crippen molar-refractivity contribution in [2.24, 2.45) is 11.8 Å². The standard InChI is InChI=1S/C15H22N4O4/c1-22-9-10-2-5-12(6-3-10)23-13-7-4-11(8-17-13)18-14(20)15(21)19-16/h4,7-8,10,12H,2-3,5-6,9,16H2,1H3,(H,18,20)(H,19,21). The van der Waals surface area contributed by atoms with E-state index in [9.17, 15) is 9.59 Å². The molecule has 0 radical (unpaired) electrons. The number of aromatic nitrogens is 1. The van der Waals surface area contributed by atoms with Crippen LogP contribution in [0.15, 0.2) is 18.3 Å². The number of hydrogen-bond donors (Lipinski definition) is 3. The number of nitrogens with two attached hydrogens (primary N) is 1. The summed E-state index contributed by atoms with van der Waals surface area (Å²) in [4.78, 5) is 26.5. The molecule has 2 amide bonds. The first-order valence-corrected chi connectivity index (χ1v) is 7.56. The van der Waals surface area contributed by atoms with E-state index < -0.39 is 11.8 Å². The summed E-state index contributed by atoms with van der Waals surface area (Å²) in [6.45, 7) is 0.801. The van der Waals surface area contributed by atoms with Crippen molar-refractivity contribution >= 4 is 17.5 Å². The predicted molar refractivity (Wildman–Crippen MR) is 83.4 cm³/mol. The van der Waals surface area contributed by atoms with Crippen LogP contribution in [0.2, 0.25) is 0 Å². The molecule has 0 aromatic carbocycles. The minimum absolute atomic E-state index is 0.152. The van der Waals surface area contributed by atoms with Crippen molar-refractivity contribution in [3.8, 4) is 5.88 Å². The Balaban J connectivity index is 1.81. The summed E-state index contributed by atoms with van der Waals surface area (Å²) >= 11 is 0. The Morgan fingerprint density at radius 1 is 1.26 bits per heavy atom. The molecule has 2 rings (SSSR count). The number of rotatable bonds is 5. The number of nitrogens with one attached hydrogen (secondary N) is 2. The van der Waals surface area contributed by atoms with Crippen molar-refractivity contribution in [1.82, 2.24) is 10.4 Å². The zero-order valence-corrected chi connectivity index (χ0v) is 13.1. The summed E-state index contributed by atoms with van der Waals surface area (Å²) in [6.07, 6.45) is 5.71. The maximum absolute atomic E-state index is 11.4. The van der Waals surface area contributed by atoms with Gasteiger partial charge in [0.05, 0.1) is 11.9 Å². The van der Waals surface area contributed by atoms with Crippen LogP contribution in [0.25, 0.3) is 0 Å². The van der Waals surface area contributed by atoms with Crippen LogP contribution in [0.5, 0.6) is 5.88 Å². The third-order valence-corrected chi connectivity index (χ3v) is 3.82. The maximum atomic E-state index is 11.4. The van der Waals surface area contributed by atoms with Gasteiger partial charge in [-0.25, -0.2) is 10.8 Å². The molecule has 0 atom stereocenters. The number of pyridine rings is 1. The Morgan fingerprint density at radius 3 is 2.57 bits per heavy atom. The summed E-state index contributed by atoms with van der Waals surface area (Å²) in [5.41, 5.74) is 2.16. The van der Waals surface area contributed by atoms with E-state index in [2.05, 4.69) is 10.3 Å². The van der Waals surface area contributed by atoms with E-state index in [-0.39, 0.29) is 6.10 Å². The molecule has 1 heterocycles. The third kappa shape index (κ3) is 5.19. The fourth-order valence-electron chi connectivity index (χ4n) is 2.60. The van der Waals surface area contributed by atoms with Crippen LogP contribution in [-0.2, 0) is 14.3 Å². The Hall–Kier alpha value is -2.19. The monoisotopic (exact) mass is 322 g/mol. The Morgan fingerprint density at radius 2 is 2.00 bits per heavy atom. The highest BCUT2D eigenvalue weighted by Crippen LogP contribution is 2.27. The molecule has 0 spiro atoms. The van der Waals surface area contributed by atoms with Crippen LogP contribution < -0.4 is 21.3 Å². The molecule has 23 heavy (non-hydrogen) atoms. The molecule has 0 saturated heterocycles. The van der Waals surface area contributed by atoms with Crippen molar-refractivity contribution < 1.29 is 19.1 Å². The number of nitrogens with zero attached hydrogens (tertiary/aromatic N) is 1. The van der Waals surface area contributed by atoms with Gasteiger partial charge >= 0.3 is 11.8 Å². The van der Waals surface area contributed by atoms with Crippen molar-refractivity contribution in [3.05, 3.63) is 18.3 Å². The molecule has 8 nitrogen and oxygen atoms in total. The van der Waals surface area contributed by atoms with E-state index in [1.165, 1.54) is 6.20 Å². The quantitative estimate of drug-likeness (QED) is 0.316. The molecule has 1 fully saturated rings. The fourth-order valence-corrected chi connectivity index (χ4v) is 2.60. The predicted octanol–water partition coefficient (Wildman–Crippen LogP) is 0.594. The summed E-state index contributed by atoms with van der Waals surface area (Å²) in [5.74, 6) is 4.23. The molecule has 0 unspecified atom stereocenters. The van der Waals surface area contributed by atoms with Gasteiger partial charge in [-0.3, -0.25) is 15.0 Å². The van der Waals surface area contributed by atoms with E-state index >= 15 is 0 Å². The van der Waals surface area contributed by atoms with Crippen molar-refractivity contribution in [2.75, 3.05) is 19.0 Å². The van der Waals surface area contributed by atoms with E-state index in [0.717, 1.165) is 32.3 Å². The Kier molecular flexibility index (Phi) is 6.30. The lowest BCUT2D eigenvalue weighted by atomic mass is 9.88. The first-order chi connectivity index (χ1) is 11.1. The maximum Gasteiger partial charge on any atom is 0.323 e.